The molecule has 164 valence electrons. The standard InChI is InChI=1S/C23H35N5O2/c1-19-7-12-28-20(18-24-8-6-9-26-13-15-30-16-14-26)22(25-21(28)17-19)23(29)27-10-4-2-3-5-11-27/h7,12,17,24H,2-6,8-11,13-16,18H2,1H3. The van der Waals surface area contributed by atoms with Crippen molar-refractivity contribution in [1.29, 1.82) is 0 Å². The van der Waals surface area contributed by atoms with Crippen LogP contribution in [0.15, 0.2) is 18.3 Å². The van der Waals surface area contributed by atoms with E-state index in [-0.39, 0.29) is 5.91 Å². The molecule has 2 fully saturated rings. The zero-order valence-electron chi connectivity index (χ0n) is 18.2. The number of likely N-dealkylation sites (tertiary alicyclic amines) is 1. The van der Waals surface area contributed by atoms with Gasteiger partial charge in [-0.3, -0.25) is 9.69 Å². The van der Waals surface area contributed by atoms with Crippen LogP contribution in [-0.2, 0) is 11.3 Å². The van der Waals surface area contributed by atoms with E-state index in [9.17, 15) is 4.79 Å². The van der Waals surface area contributed by atoms with Crippen LogP contribution in [0.3, 0.4) is 0 Å². The minimum Gasteiger partial charge on any atom is -0.379 e. The zero-order chi connectivity index (χ0) is 20.8. The predicted molar refractivity (Wildman–Crippen MR) is 118 cm³/mol. The summed E-state index contributed by atoms with van der Waals surface area (Å²) in [6.45, 7) is 10.2. The van der Waals surface area contributed by atoms with E-state index in [1.54, 1.807) is 0 Å². The average Bonchev–Trinajstić information content (AvgIpc) is 2.92. The van der Waals surface area contributed by atoms with Crippen molar-refractivity contribution in [3.05, 3.63) is 35.3 Å². The van der Waals surface area contributed by atoms with Gasteiger partial charge in [0.2, 0.25) is 0 Å². The highest BCUT2D eigenvalue weighted by atomic mass is 16.5. The number of carbonyl (C=O) groups excluding carboxylic acids is 1. The minimum absolute atomic E-state index is 0.0865. The molecule has 0 spiro atoms. The second kappa shape index (κ2) is 10.4. The molecule has 7 heteroatoms. The third kappa shape index (κ3) is 5.20. The second-order valence-corrected chi connectivity index (χ2v) is 8.53. The lowest BCUT2D eigenvalue weighted by atomic mass is 10.2. The monoisotopic (exact) mass is 413 g/mol. The summed E-state index contributed by atoms with van der Waals surface area (Å²) in [7, 11) is 0. The number of rotatable bonds is 7. The van der Waals surface area contributed by atoms with Gasteiger partial charge in [-0.05, 0) is 57.0 Å². The maximum atomic E-state index is 13.3. The Labute approximate surface area is 179 Å². The summed E-state index contributed by atoms with van der Waals surface area (Å²) < 4.78 is 7.49. The van der Waals surface area contributed by atoms with Crippen LogP contribution in [0.5, 0.6) is 0 Å². The van der Waals surface area contributed by atoms with Crippen molar-refractivity contribution in [1.82, 2.24) is 24.5 Å². The first-order valence-corrected chi connectivity index (χ1v) is 11.5. The highest BCUT2D eigenvalue weighted by molar-refractivity contribution is 5.94. The van der Waals surface area contributed by atoms with Crippen LogP contribution in [0.1, 0.15) is 53.8 Å². The Balaban J connectivity index is 1.43. The molecule has 0 saturated carbocycles. The maximum Gasteiger partial charge on any atom is 0.274 e. The van der Waals surface area contributed by atoms with E-state index in [1.165, 1.54) is 12.8 Å². The number of imidazole rings is 1. The number of hydrogen-bond donors (Lipinski definition) is 1. The molecule has 2 aliphatic heterocycles. The van der Waals surface area contributed by atoms with Gasteiger partial charge in [0.05, 0.1) is 18.9 Å². The number of hydrogen-bond acceptors (Lipinski definition) is 5. The number of pyridine rings is 1. The first-order valence-electron chi connectivity index (χ1n) is 11.5. The van der Waals surface area contributed by atoms with E-state index < -0.39 is 0 Å². The molecule has 2 aromatic rings. The number of amides is 1. The number of ether oxygens (including phenoxy) is 1. The van der Waals surface area contributed by atoms with Gasteiger partial charge in [-0.25, -0.2) is 4.98 Å². The number of carbonyl (C=O) groups is 1. The summed E-state index contributed by atoms with van der Waals surface area (Å²) in [4.78, 5) is 22.5. The molecule has 2 aromatic heterocycles. The smallest absolute Gasteiger partial charge is 0.274 e. The lowest BCUT2D eigenvalue weighted by Crippen LogP contribution is -2.37. The Morgan fingerprint density at radius 1 is 1.13 bits per heavy atom. The van der Waals surface area contributed by atoms with Crippen molar-refractivity contribution >= 4 is 11.6 Å². The van der Waals surface area contributed by atoms with Crippen molar-refractivity contribution in [3.8, 4) is 0 Å². The number of nitrogens with one attached hydrogen (secondary N) is 1. The Morgan fingerprint density at radius 3 is 2.67 bits per heavy atom. The first kappa shape index (κ1) is 21.3. The van der Waals surface area contributed by atoms with E-state index in [1.807, 2.05) is 11.1 Å². The summed E-state index contributed by atoms with van der Waals surface area (Å²) in [6.07, 6.45) is 7.74. The van der Waals surface area contributed by atoms with Crippen molar-refractivity contribution < 1.29 is 9.53 Å². The molecule has 30 heavy (non-hydrogen) atoms. The summed E-state index contributed by atoms with van der Waals surface area (Å²) in [5.74, 6) is 0.0865. The van der Waals surface area contributed by atoms with Gasteiger partial charge < -0.3 is 19.4 Å². The normalized spacial score (nSPS) is 18.6. The Hall–Kier alpha value is -1.96. The molecule has 0 bridgehead atoms. The number of aromatic nitrogens is 2. The summed E-state index contributed by atoms with van der Waals surface area (Å²) >= 11 is 0. The highest BCUT2D eigenvalue weighted by Gasteiger charge is 2.24. The van der Waals surface area contributed by atoms with Gasteiger partial charge in [0.15, 0.2) is 5.69 Å². The predicted octanol–water partition coefficient (Wildman–Crippen LogP) is 2.47. The quantitative estimate of drug-likeness (QED) is 0.707. The molecule has 7 nitrogen and oxygen atoms in total. The lowest BCUT2D eigenvalue weighted by molar-refractivity contribution is 0.0374. The fraction of sp³-hybridized carbons (Fsp3) is 0.652. The Bertz CT molecular complexity index is 835. The first-order chi connectivity index (χ1) is 14.7. The molecule has 1 amide bonds. The number of fused-ring (bicyclic) bond motifs is 1. The fourth-order valence-corrected chi connectivity index (χ4v) is 4.42. The van der Waals surface area contributed by atoms with Gasteiger partial charge in [0.1, 0.15) is 5.65 Å². The number of aryl methyl sites for hydroxylation is 1. The molecular weight excluding hydrogens is 378 g/mol. The van der Waals surface area contributed by atoms with Crippen LogP contribution < -0.4 is 5.32 Å². The van der Waals surface area contributed by atoms with Crippen LogP contribution in [0.2, 0.25) is 0 Å². The topological polar surface area (TPSA) is 62.1 Å². The van der Waals surface area contributed by atoms with Crippen LogP contribution in [-0.4, -0.2) is 77.6 Å². The average molecular weight is 414 g/mol. The van der Waals surface area contributed by atoms with Crippen LogP contribution in [0.4, 0.5) is 0 Å². The lowest BCUT2D eigenvalue weighted by Gasteiger charge is -2.26. The minimum atomic E-state index is 0.0865. The second-order valence-electron chi connectivity index (χ2n) is 8.53. The van der Waals surface area contributed by atoms with E-state index in [4.69, 9.17) is 9.72 Å². The molecule has 0 aliphatic carbocycles. The van der Waals surface area contributed by atoms with Crippen molar-refractivity contribution in [2.45, 2.75) is 45.6 Å². The molecule has 4 heterocycles. The Kier molecular flexibility index (Phi) is 7.36. The molecule has 2 aliphatic rings. The van der Waals surface area contributed by atoms with Gasteiger partial charge >= 0.3 is 0 Å². The van der Waals surface area contributed by atoms with E-state index in [2.05, 4.69) is 33.7 Å². The largest absolute Gasteiger partial charge is 0.379 e. The van der Waals surface area contributed by atoms with Crippen LogP contribution >= 0.6 is 0 Å². The van der Waals surface area contributed by atoms with Crippen molar-refractivity contribution in [3.63, 3.8) is 0 Å². The molecular formula is C23H35N5O2. The van der Waals surface area contributed by atoms with Gasteiger partial charge in [0.25, 0.3) is 5.91 Å². The third-order valence-electron chi connectivity index (χ3n) is 6.20. The molecule has 0 atom stereocenters. The number of nitrogens with zero attached hydrogens (tertiary/aromatic N) is 4. The maximum absolute atomic E-state index is 13.3. The van der Waals surface area contributed by atoms with E-state index >= 15 is 0 Å². The van der Waals surface area contributed by atoms with E-state index in [0.29, 0.717) is 12.2 Å². The van der Waals surface area contributed by atoms with Gasteiger partial charge in [-0.2, -0.15) is 0 Å². The Morgan fingerprint density at radius 2 is 1.90 bits per heavy atom. The summed E-state index contributed by atoms with van der Waals surface area (Å²) in [5, 5.41) is 3.56. The summed E-state index contributed by atoms with van der Waals surface area (Å²) in [5.41, 5.74) is 3.61. The molecule has 2 saturated heterocycles. The van der Waals surface area contributed by atoms with Gasteiger partial charge in [-0.1, -0.05) is 12.8 Å². The molecule has 0 aromatic carbocycles. The molecule has 4 rings (SSSR count). The molecule has 0 unspecified atom stereocenters. The summed E-state index contributed by atoms with van der Waals surface area (Å²) in [6, 6.07) is 4.14. The molecule has 1 N–H and O–H groups in total. The highest BCUT2D eigenvalue weighted by Crippen LogP contribution is 2.19. The fourth-order valence-electron chi connectivity index (χ4n) is 4.42. The van der Waals surface area contributed by atoms with Gasteiger partial charge in [0, 0.05) is 38.9 Å². The number of morpholine rings is 1. The van der Waals surface area contributed by atoms with E-state index in [0.717, 1.165) is 88.6 Å². The zero-order valence-corrected chi connectivity index (χ0v) is 18.2. The van der Waals surface area contributed by atoms with Crippen LogP contribution in [0, 0.1) is 6.92 Å². The van der Waals surface area contributed by atoms with Crippen LogP contribution in [0.25, 0.3) is 5.65 Å². The van der Waals surface area contributed by atoms with Gasteiger partial charge in [-0.15, -0.1) is 0 Å². The molecule has 0 radical (unpaired) electrons. The SMILES string of the molecule is Cc1ccn2c(CNCCCN3CCOCC3)c(C(=O)N3CCCCCC3)nc2c1. The van der Waals surface area contributed by atoms with Crippen molar-refractivity contribution in [2.75, 3.05) is 52.5 Å². The third-order valence-corrected chi connectivity index (χ3v) is 6.20. The van der Waals surface area contributed by atoms with Crippen molar-refractivity contribution in [2.24, 2.45) is 0 Å².